The van der Waals surface area contributed by atoms with Crippen molar-refractivity contribution in [3.8, 4) is 23.9 Å². The predicted molar refractivity (Wildman–Crippen MR) is 96.7 cm³/mol. The first kappa shape index (κ1) is 16.3. The molecular weight excluding hydrogens is 312 g/mol. The van der Waals surface area contributed by atoms with Crippen LogP contribution in [0.4, 0.5) is 5.82 Å². The predicted octanol–water partition coefficient (Wildman–Crippen LogP) is 3.26. The van der Waals surface area contributed by atoms with Crippen LogP contribution in [-0.2, 0) is 4.79 Å². The van der Waals surface area contributed by atoms with Gasteiger partial charge in [0.25, 0.3) is 0 Å². The average Bonchev–Trinajstić information content (AvgIpc) is 2.68. The molecule has 0 aliphatic heterocycles. The first-order valence-electron chi connectivity index (χ1n) is 7.79. The van der Waals surface area contributed by atoms with Crippen molar-refractivity contribution >= 4 is 11.7 Å². The Bertz CT molecular complexity index is 914. The van der Waals surface area contributed by atoms with E-state index in [1.807, 2.05) is 49.4 Å². The molecule has 3 aromatic rings. The van der Waals surface area contributed by atoms with Gasteiger partial charge in [-0.25, -0.2) is 9.97 Å². The Morgan fingerprint density at radius 3 is 2.56 bits per heavy atom. The fraction of sp³-hybridized carbons (Fsp3) is 0.100. The number of rotatable bonds is 4. The third kappa shape index (κ3) is 3.88. The van der Waals surface area contributed by atoms with Gasteiger partial charge in [-0.3, -0.25) is 9.78 Å². The summed E-state index contributed by atoms with van der Waals surface area (Å²) < 4.78 is 0. The molecule has 25 heavy (non-hydrogen) atoms. The van der Waals surface area contributed by atoms with Crippen LogP contribution < -0.4 is 5.32 Å². The highest BCUT2D eigenvalue weighted by atomic mass is 16.1. The van der Waals surface area contributed by atoms with Crippen LogP contribution in [0.1, 0.15) is 24.0 Å². The molecule has 1 unspecified atom stereocenters. The molecule has 1 aromatic carbocycles. The number of nitrogens with one attached hydrogen (secondary N) is 1. The lowest BCUT2D eigenvalue weighted by atomic mass is 9.99. The van der Waals surface area contributed by atoms with E-state index < -0.39 is 0 Å². The summed E-state index contributed by atoms with van der Waals surface area (Å²) in [5.74, 6) is 2.97. The van der Waals surface area contributed by atoms with Gasteiger partial charge < -0.3 is 5.32 Å². The van der Waals surface area contributed by atoms with E-state index in [2.05, 4.69) is 26.2 Å². The molecule has 3 rings (SSSR count). The van der Waals surface area contributed by atoms with Gasteiger partial charge in [0.1, 0.15) is 11.5 Å². The second kappa shape index (κ2) is 7.37. The van der Waals surface area contributed by atoms with Crippen LogP contribution in [0.25, 0.3) is 11.5 Å². The Morgan fingerprint density at radius 1 is 1.08 bits per heavy atom. The Hall–Kier alpha value is -3.52. The van der Waals surface area contributed by atoms with E-state index in [0.717, 1.165) is 11.1 Å². The van der Waals surface area contributed by atoms with Crippen molar-refractivity contribution in [3.05, 3.63) is 72.1 Å². The molecule has 0 fully saturated rings. The molecule has 1 atom stereocenters. The number of hydrogen-bond acceptors (Lipinski definition) is 4. The summed E-state index contributed by atoms with van der Waals surface area (Å²) in [6.45, 7) is 1.83. The van der Waals surface area contributed by atoms with E-state index in [4.69, 9.17) is 6.42 Å². The Morgan fingerprint density at radius 2 is 1.88 bits per heavy atom. The highest BCUT2D eigenvalue weighted by molar-refractivity contribution is 5.94. The van der Waals surface area contributed by atoms with E-state index in [9.17, 15) is 4.79 Å². The summed E-state index contributed by atoms with van der Waals surface area (Å²) in [6.07, 6.45) is 8.62. The lowest BCUT2D eigenvalue weighted by molar-refractivity contribution is -0.117. The summed E-state index contributed by atoms with van der Waals surface area (Å²) in [5, 5.41) is 2.82. The lowest BCUT2D eigenvalue weighted by Crippen LogP contribution is -2.19. The molecule has 0 aliphatic carbocycles. The zero-order valence-corrected chi connectivity index (χ0v) is 13.7. The van der Waals surface area contributed by atoms with Crippen molar-refractivity contribution in [3.63, 3.8) is 0 Å². The van der Waals surface area contributed by atoms with Gasteiger partial charge in [0.15, 0.2) is 5.82 Å². The van der Waals surface area contributed by atoms with Gasteiger partial charge in [-0.1, -0.05) is 24.1 Å². The van der Waals surface area contributed by atoms with Gasteiger partial charge in [0.2, 0.25) is 5.91 Å². The van der Waals surface area contributed by atoms with E-state index >= 15 is 0 Å². The standard InChI is InChI=1S/C20H16N4O/c1-3-15-7-9-16(10-8-15)14(2)20(25)24-18-11-13-22-19(23-18)17-6-4-5-12-21-17/h1,4-14H,2H3,(H,22,23,24,25). The van der Waals surface area contributed by atoms with E-state index in [1.165, 1.54) is 0 Å². The molecule has 122 valence electrons. The molecule has 0 saturated heterocycles. The van der Waals surface area contributed by atoms with Crippen LogP contribution in [0.15, 0.2) is 60.9 Å². The van der Waals surface area contributed by atoms with Crippen molar-refractivity contribution in [1.82, 2.24) is 15.0 Å². The Labute approximate surface area is 146 Å². The minimum atomic E-state index is -0.333. The molecule has 5 heteroatoms. The quantitative estimate of drug-likeness (QED) is 0.747. The lowest BCUT2D eigenvalue weighted by Gasteiger charge is -2.12. The van der Waals surface area contributed by atoms with Crippen LogP contribution in [0.5, 0.6) is 0 Å². The first-order chi connectivity index (χ1) is 12.2. The number of hydrogen-bond donors (Lipinski definition) is 1. The van der Waals surface area contributed by atoms with Gasteiger partial charge in [0.05, 0.1) is 5.92 Å². The fourth-order valence-corrected chi connectivity index (χ4v) is 2.30. The SMILES string of the molecule is C#Cc1ccc(C(C)C(=O)Nc2ccnc(-c3ccccn3)n2)cc1. The number of nitrogens with zero attached hydrogens (tertiary/aromatic N) is 3. The second-order valence-electron chi connectivity index (χ2n) is 5.46. The number of anilines is 1. The summed E-state index contributed by atoms with van der Waals surface area (Å²) in [7, 11) is 0. The number of carbonyl (C=O) groups excluding carboxylic acids is 1. The van der Waals surface area contributed by atoms with Crippen LogP contribution >= 0.6 is 0 Å². The molecule has 1 amide bonds. The van der Waals surface area contributed by atoms with Crippen molar-refractivity contribution in [1.29, 1.82) is 0 Å². The van der Waals surface area contributed by atoms with Crippen molar-refractivity contribution in [2.24, 2.45) is 0 Å². The molecule has 2 aromatic heterocycles. The summed E-state index contributed by atoms with van der Waals surface area (Å²) in [6, 6.07) is 14.5. The molecule has 0 radical (unpaired) electrons. The molecule has 5 nitrogen and oxygen atoms in total. The normalized spacial score (nSPS) is 11.4. The molecule has 0 saturated carbocycles. The Kier molecular flexibility index (Phi) is 4.82. The highest BCUT2D eigenvalue weighted by Gasteiger charge is 2.16. The van der Waals surface area contributed by atoms with Crippen LogP contribution in [-0.4, -0.2) is 20.9 Å². The third-order valence-electron chi connectivity index (χ3n) is 3.77. The second-order valence-corrected chi connectivity index (χ2v) is 5.46. The topological polar surface area (TPSA) is 67.8 Å². The monoisotopic (exact) mass is 328 g/mol. The number of carbonyl (C=O) groups is 1. The van der Waals surface area contributed by atoms with Crippen molar-refractivity contribution in [2.45, 2.75) is 12.8 Å². The zero-order chi connectivity index (χ0) is 17.6. The first-order valence-corrected chi connectivity index (χ1v) is 7.79. The van der Waals surface area contributed by atoms with Gasteiger partial charge in [-0.15, -0.1) is 6.42 Å². The van der Waals surface area contributed by atoms with Crippen LogP contribution in [0.3, 0.4) is 0 Å². The molecule has 0 bridgehead atoms. The fourth-order valence-electron chi connectivity index (χ4n) is 2.30. The number of benzene rings is 1. The molecule has 2 heterocycles. The summed E-state index contributed by atoms with van der Waals surface area (Å²) >= 11 is 0. The maximum absolute atomic E-state index is 12.5. The van der Waals surface area contributed by atoms with Gasteiger partial charge in [-0.05, 0) is 42.8 Å². The maximum Gasteiger partial charge on any atom is 0.232 e. The molecule has 0 aliphatic rings. The number of amides is 1. The van der Waals surface area contributed by atoms with Gasteiger partial charge in [0, 0.05) is 18.0 Å². The average molecular weight is 328 g/mol. The number of pyridine rings is 1. The van der Waals surface area contributed by atoms with E-state index in [1.54, 1.807) is 18.5 Å². The smallest absolute Gasteiger partial charge is 0.232 e. The van der Waals surface area contributed by atoms with E-state index in [-0.39, 0.29) is 11.8 Å². The summed E-state index contributed by atoms with van der Waals surface area (Å²) in [4.78, 5) is 25.3. The van der Waals surface area contributed by atoms with Crippen molar-refractivity contribution in [2.75, 3.05) is 5.32 Å². The van der Waals surface area contributed by atoms with Gasteiger partial charge in [-0.2, -0.15) is 0 Å². The molecule has 0 spiro atoms. The van der Waals surface area contributed by atoms with Gasteiger partial charge >= 0.3 is 0 Å². The largest absolute Gasteiger partial charge is 0.310 e. The van der Waals surface area contributed by atoms with Crippen LogP contribution in [0, 0.1) is 12.3 Å². The van der Waals surface area contributed by atoms with Crippen LogP contribution in [0.2, 0.25) is 0 Å². The number of aromatic nitrogens is 3. The minimum Gasteiger partial charge on any atom is -0.310 e. The number of terminal acetylenes is 1. The summed E-state index contributed by atoms with van der Waals surface area (Å²) in [5.41, 5.74) is 2.32. The Balaban J connectivity index is 1.75. The molecular formula is C20H16N4O. The van der Waals surface area contributed by atoms with Crippen molar-refractivity contribution < 1.29 is 4.79 Å². The zero-order valence-electron chi connectivity index (χ0n) is 13.7. The third-order valence-corrected chi connectivity index (χ3v) is 3.77. The maximum atomic E-state index is 12.5. The highest BCUT2D eigenvalue weighted by Crippen LogP contribution is 2.19. The molecule has 1 N–H and O–H groups in total. The van der Waals surface area contributed by atoms with E-state index in [0.29, 0.717) is 17.3 Å². The minimum absolute atomic E-state index is 0.154.